The molecule has 0 aromatic carbocycles. The van der Waals surface area contributed by atoms with Gasteiger partial charge in [-0.3, -0.25) is 19.4 Å². The molecule has 0 radical (unpaired) electrons. The molecule has 2 aromatic heterocycles. The van der Waals surface area contributed by atoms with Gasteiger partial charge in [-0.25, -0.2) is 0 Å². The molecule has 0 aliphatic carbocycles. The molecule has 6 nitrogen and oxygen atoms in total. The smallest absolute Gasteiger partial charge is 0.217 e. The van der Waals surface area contributed by atoms with Crippen molar-refractivity contribution in [3.05, 3.63) is 46.5 Å². The molecule has 1 atom stereocenters. The first kappa shape index (κ1) is 17.6. The third-order valence-electron chi connectivity index (χ3n) is 5.13. The van der Waals surface area contributed by atoms with Crippen molar-refractivity contribution in [3.63, 3.8) is 0 Å². The first-order chi connectivity index (χ1) is 12.0. The van der Waals surface area contributed by atoms with Gasteiger partial charge in [-0.2, -0.15) is 5.10 Å². The van der Waals surface area contributed by atoms with Crippen LogP contribution in [0.1, 0.15) is 54.0 Å². The van der Waals surface area contributed by atoms with Crippen LogP contribution in [0, 0.1) is 13.8 Å². The molecule has 1 aliphatic heterocycles. The van der Waals surface area contributed by atoms with E-state index in [2.05, 4.69) is 46.3 Å². The van der Waals surface area contributed by atoms with Gasteiger partial charge in [0.2, 0.25) is 5.91 Å². The molecular formula is C19H27N5O. The fourth-order valence-corrected chi connectivity index (χ4v) is 3.66. The van der Waals surface area contributed by atoms with Crippen molar-refractivity contribution in [1.29, 1.82) is 0 Å². The molecule has 3 heterocycles. The number of carbonyl (C=O) groups is 1. The number of aromatic nitrogens is 3. The number of aryl methyl sites for hydroxylation is 2. The number of likely N-dealkylation sites (tertiary alicyclic amines) is 1. The second-order valence-electron chi connectivity index (χ2n) is 6.89. The molecule has 1 amide bonds. The first-order valence-corrected chi connectivity index (χ1v) is 8.88. The molecule has 2 aromatic rings. The summed E-state index contributed by atoms with van der Waals surface area (Å²) in [5, 5.41) is 7.37. The van der Waals surface area contributed by atoms with Gasteiger partial charge in [0, 0.05) is 44.0 Å². The van der Waals surface area contributed by atoms with E-state index in [0.717, 1.165) is 30.9 Å². The highest BCUT2D eigenvalue weighted by Gasteiger charge is 2.27. The van der Waals surface area contributed by atoms with Crippen molar-refractivity contribution < 1.29 is 4.79 Å². The Morgan fingerprint density at radius 3 is 2.88 bits per heavy atom. The lowest BCUT2D eigenvalue weighted by atomic mass is 10.0. The second kappa shape index (κ2) is 7.35. The van der Waals surface area contributed by atoms with Gasteiger partial charge in [-0.1, -0.05) is 0 Å². The van der Waals surface area contributed by atoms with E-state index in [0.29, 0.717) is 12.6 Å². The molecule has 6 heteroatoms. The van der Waals surface area contributed by atoms with E-state index < -0.39 is 0 Å². The quantitative estimate of drug-likeness (QED) is 0.907. The summed E-state index contributed by atoms with van der Waals surface area (Å²) in [5.74, 6) is -0.0303. The number of pyridine rings is 1. The lowest BCUT2D eigenvalue weighted by Gasteiger charge is -2.25. The molecule has 0 unspecified atom stereocenters. The average Bonchev–Trinajstić information content (AvgIpc) is 3.14. The Labute approximate surface area is 149 Å². The van der Waals surface area contributed by atoms with E-state index in [1.807, 2.05) is 17.9 Å². The zero-order valence-corrected chi connectivity index (χ0v) is 15.5. The van der Waals surface area contributed by atoms with Gasteiger partial charge in [0.25, 0.3) is 0 Å². The zero-order valence-electron chi connectivity index (χ0n) is 15.5. The molecule has 1 aliphatic rings. The van der Waals surface area contributed by atoms with Crippen LogP contribution in [0.4, 0.5) is 0 Å². The monoisotopic (exact) mass is 341 g/mol. The summed E-state index contributed by atoms with van der Waals surface area (Å²) in [5.41, 5.74) is 5.89. The van der Waals surface area contributed by atoms with Gasteiger partial charge < -0.3 is 5.32 Å². The third kappa shape index (κ3) is 3.90. The highest BCUT2D eigenvalue weighted by atomic mass is 16.1. The summed E-state index contributed by atoms with van der Waals surface area (Å²) in [6, 6.07) is 4.63. The summed E-state index contributed by atoms with van der Waals surface area (Å²) >= 11 is 0. The summed E-state index contributed by atoms with van der Waals surface area (Å²) in [7, 11) is 2.00. The van der Waals surface area contributed by atoms with Crippen LogP contribution >= 0.6 is 0 Å². The van der Waals surface area contributed by atoms with Crippen LogP contribution in [0.3, 0.4) is 0 Å². The van der Waals surface area contributed by atoms with E-state index in [9.17, 15) is 4.79 Å². The Balaban J connectivity index is 1.77. The van der Waals surface area contributed by atoms with E-state index in [1.165, 1.54) is 30.2 Å². The van der Waals surface area contributed by atoms with Crippen molar-refractivity contribution in [2.24, 2.45) is 7.05 Å². The maximum absolute atomic E-state index is 11.1. The van der Waals surface area contributed by atoms with Crippen molar-refractivity contribution in [2.75, 3.05) is 6.54 Å². The van der Waals surface area contributed by atoms with Crippen molar-refractivity contribution >= 4 is 5.91 Å². The summed E-state index contributed by atoms with van der Waals surface area (Å²) in [4.78, 5) is 18.0. The number of hydrogen-bond donors (Lipinski definition) is 1. The SMILES string of the molecule is CC(=O)NCc1cc([C@@H]2CCCN2Cc2c(C)nn(C)c2C)ccn1. The van der Waals surface area contributed by atoms with Crippen molar-refractivity contribution in [2.45, 2.75) is 52.7 Å². The Kier molecular flexibility index (Phi) is 5.18. The predicted molar refractivity (Wildman–Crippen MR) is 96.8 cm³/mol. The Bertz CT molecular complexity index is 767. The first-order valence-electron chi connectivity index (χ1n) is 8.88. The highest BCUT2D eigenvalue weighted by Crippen LogP contribution is 2.34. The third-order valence-corrected chi connectivity index (χ3v) is 5.13. The minimum absolute atomic E-state index is 0.0303. The van der Waals surface area contributed by atoms with E-state index in [1.54, 1.807) is 0 Å². The lowest BCUT2D eigenvalue weighted by Crippen LogP contribution is -2.24. The lowest BCUT2D eigenvalue weighted by molar-refractivity contribution is -0.119. The number of hydrogen-bond acceptors (Lipinski definition) is 4. The van der Waals surface area contributed by atoms with Crippen LogP contribution in [-0.4, -0.2) is 32.1 Å². The van der Waals surface area contributed by atoms with Gasteiger partial charge in [-0.05, 0) is 50.9 Å². The van der Waals surface area contributed by atoms with Gasteiger partial charge in [0.05, 0.1) is 17.9 Å². The largest absolute Gasteiger partial charge is 0.351 e. The Morgan fingerprint density at radius 1 is 1.40 bits per heavy atom. The molecule has 3 rings (SSSR count). The van der Waals surface area contributed by atoms with E-state index >= 15 is 0 Å². The van der Waals surface area contributed by atoms with Crippen LogP contribution in [0.5, 0.6) is 0 Å². The van der Waals surface area contributed by atoms with E-state index in [4.69, 9.17) is 0 Å². The minimum atomic E-state index is -0.0303. The number of rotatable bonds is 5. The molecule has 1 saturated heterocycles. The maximum Gasteiger partial charge on any atom is 0.217 e. The highest BCUT2D eigenvalue weighted by molar-refractivity contribution is 5.72. The number of nitrogens with one attached hydrogen (secondary N) is 1. The van der Waals surface area contributed by atoms with E-state index in [-0.39, 0.29) is 5.91 Å². The molecule has 1 fully saturated rings. The van der Waals surface area contributed by atoms with Crippen LogP contribution in [0.15, 0.2) is 18.3 Å². The summed E-state index contributed by atoms with van der Waals surface area (Å²) < 4.78 is 1.97. The van der Waals surface area contributed by atoms with Gasteiger partial charge in [0.1, 0.15) is 0 Å². The molecular weight excluding hydrogens is 314 g/mol. The molecule has 1 N–H and O–H groups in total. The van der Waals surface area contributed by atoms with Crippen LogP contribution in [-0.2, 0) is 24.9 Å². The average molecular weight is 341 g/mol. The van der Waals surface area contributed by atoms with Crippen molar-refractivity contribution in [1.82, 2.24) is 25.0 Å². The van der Waals surface area contributed by atoms with Crippen LogP contribution in [0.25, 0.3) is 0 Å². The fraction of sp³-hybridized carbons (Fsp3) is 0.526. The number of carbonyl (C=O) groups excluding carboxylic acids is 1. The Morgan fingerprint density at radius 2 is 2.20 bits per heavy atom. The molecule has 0 saturated carbocycles. The molecule has 0 bridgehead atoms. The molecule has 134 valence electrons. The van der Waals surface area contributed by atoms with Gasteiger partial charge >= 0.3 is 0 Å². The zero-order chi connectivity index (χ0) is 18.0. The maximum atomic E-state index is 11.1. The fourth-order valence-electron chi connectivity index (χ4n) is 3.66. The summed E-state index contributed by atoms with van der Waals surface area (Å²) in [6.07, 6.45) is 4.21. The summed E-state index contributed by atoms with van der Waals surface area (Å²) in [6.45, 7) is 8.27. The Hall–Kier alpha value is -2.21. The van der Waals surface area contributed by atoms with Crippen LogP contribution < -0.4 is 5.32 Å². The number of amides is 1. The molecule has 25 heavy (non-hydrogen) atoms. The minimum Gasteiger partial charge on any atom is -0.351 e. The normalized spacial score (nSPS) is 17.8. The number of nitrogens with zero attached hydrogens (tertiary/aromatic N) is 4. The molecule has 0 spiro atoms. The van der Waals surface area contributed by atoms with Gasteiger partial charge in [-0.15, -0.1) is 0 Å². The van der Waals surface area contributed by atoms with Gasteiger partial charge in [0.15, 0.2) is 0 Å². The topological polar surface area (TPSA) is 63.1 Å². The second-order valence-corrected chi connectivity index (χ2v) is 6.89. The van der Waals surface area contributed by atoms with Crippen LogP contribution in [0.2, 0.25) is 0 Å². The standard InChI is InChI=1S/C19H27N5O/c1-13-18(14(2)23(4)22-13)12-24-9-5-6-19(24)16-7-8-20-17(10-16)11-21-15(3)25/h7-8,10,19H,5-6,9,11-12H2,1-4H3,(H,21,25)/t19-/m0/s1. The predicted octanol–water partition coefficient (Wildman–Crippen LogP) is 2.41. The van der Waals surface area contributed by atoms with Crippen molar-refractivity contribution in [3.8, 4) is 0 Å².